The molecule has 1 heterocycles. The molecule has 0 bridgehead atoms. The Hall–Kier alpha value is -0.295. The van der Waals surface area contributed by atoms with Gasteiger partial charge in [-0.15, -0.1) is 0 Å². The van der Waals surface area contributed by atoms with Crippen molar-refractivity contribution in [3.8, 4) is 0 Å². The number of halogens is 2. The van der Waals surface area contributed by atoms with E-state index in [1.165, 1.54) is 7.05 Å². The van der Waals surface area contributed by atoms with E-state index in [0.29, 0.717) is 0 Å². The van der Waals surface area contributed by atoms with Gasteiger partial charge < -0.3 is 4.59 Å². The third kappa shape index (κ3) is 1.31. The number of hydrogen-bond donors (Lipinski definition) is 0. The van der Waals surface area contributed by atoms with E-state index in [9.17, 15) is 9.59 Å². The highest BCUT2D eigenvalue weighted by Gasteiger charge is 2.09. The van der Waals surface area contributed by atoms with Crippen molar-refractivity contribution in [2.24, 2.45) is 7.05 Å². The fourth-order valence-electron chi connectivity index (χ4n) is 0.689. The highest BCUT2D eigenvalue weighted by molar-refractivity contribution is 9.13. The third-order valence-electron chi connectivity index (χ3n) is 1.46. The van der Waals surface area contributed by atoms with Crippen molar-refractivity contribution >= 4 is 39.8 Å². The summed E-state index contributed by atoms with van der Waals surface area (Å²) in [4.78, 5) is 22.5. The van der Waals surface area contributed by atoms with Crippen LogP contribution >= 0.6 is 31.9 Å². The van der Waals surface area contributed by atoms with Gasteiger partial charge >= 0.3 is 0 Å². The van der Waals surface area contributed by atoms with Crippen molar-refractivity contribution in [3.05, 3.63) is 29.7 Å². The van der Waals surface area contributed by atoms with Gasteiger partial charge in [0.1, 0.15) is 8.95 Å². The van der Waals surface area contributed by atoms with Gasteiger partial charge in [-0.1, -0.05) is 0 Å². The first-order valence-corrected chi connectivity index (χ1v) is 4.53. The van der Waals surface area contributed by atoms with Gasteiger partial charge in [-0.2, -0.15) is 0 Å². The van der Waals surface area contributed by atoms with Crippen molar-refractivity contribution in [1.82, 2.24) is 9.27 Å². The minimum Gasteiger partial charge on any atom is -0.306 e. The van der Waals surface area contributed by atoms with Crippen LogP contribution in [0.4, 0.5) is 0 Å². The van der Waals surface area contributed by atoms with Gasteiger partial charge in [0.2, 0.25) is 0 Å². The van der Waals surface area contributed by atoms with Crippen LogP contribution < -0.4 is 11.1 Å². The number of hydrogen-bond acceptors (Lipinski definition) is 2. The molecule has 0 saturated carbocycles. The van der Waals surface area contributed by atoms with E-state index < -0.39 is 0 Å². The highest BCUT2D eigenvalue weighted by Crippen LogP contribution is 2.12. The van der Waals surface area contributed by atoms with Gasteiger partial charge in [0.05, 0.1) is 0 Å². The van der Waals surface area contributed by atoms with Crippen LogP contribution in [0.15, 0.2) is 18.5 Å². The zero-order valence-electron chi connectivity index (χ0n) is 6.17. The molecule has 4 nitrogen and oxygen atoms in total. The van der Waals surface area contributed by atoms with E-state index >= 15 is 0 Å². The molecular formula is C5H4BBr2N2O2. The molecule has 0 atom stereocenters. The van der Waals surface area contributed by atoms with Gasteiger partial charge in [0.25, 0.3) is 19.1 Å². The molecule has 1 rings (SSSR count). The fourth-order valence-corrected chi connectivity index (χ4v) is 1.49. The predicted octanol–water partition coefficient (Wildman–Crippen LogP) is -0.264. The van der Waals surface area contributed by atoms with E-state index in [2.05, 4.69) is 39.8 Å². The monoisotopic (exact) mass is 293 g/mol. The average molecular weight is 295 g/mol. The van der Waals surface area contributed by atoms with Crippen molar-refractivity contribution in [2.45, 2.75) is 0 Å². The molecule has 1 aromatic heterocycles. The zero-order valence-corrected chi connectivity index (χ0v) is 9.35. The number of nitrogens with zero attached hydrogens (tertiary/aromatic N) is 2. The van der Waals surface area contributed by atoms with E-state index in [0.717, 1.165) is 9.27 Å². The van der Waals surface area contributed by atoms with E-state index in [1.54, 1.807) is 0 Å². The summed E-state index contributed by atoms with van der Waals surface area (Å²) in [5.74, 6) is 0. The van der Waals surface area contributed by atoms with Gasteiger partial charge in [0.15, 0.2) is 0 Å². The summed E-state index contributed by atoms with van der Waals surface area (Å²) in [6.45, 7) is 0. The summed E-state index contributed by atoms with van der Waals surface area (Å²) in [5.41, 5.74) is -0.666. The van der Waals surface area contributed by atoms with Crippen LogP contribution in [-0.2, 0) is 7.05 Å². The number of aromatic nitrogens is 2. The van der Waals surface area contributed by atoms with E-state index in [4.69, 9.17) is 0 Å². The lowest BCUT2D eigenvalue weighted by molar-refractivity contribution is 0.635. The van der Waals surface area contributed by atoms with Crippen molar-refractivity contribution < 1.29 is 0 Å². The topological polar surface area (TPSA) is 44.0 Å². The Kier molecular flexibility index (Phi) is 2.62. The minimum atomic E-state index is -0.357. The Bertz CT molecular complexity index is 360. The molecule has 0 unspecified atom stereocenters. The molecular weight excluding hydrogens is 291 g/mol. The molecule has 0 spiro atoms. The molecule has 63 valence electrons. The van der Waals surface area contributed by atoms with Crippen LogP contribution in [-0.4, -0.2) is 17.3 Å². The van der Waals surface area contributed by atoms with Crippen LogP contribution in [0.2, 0.25) is 0 Å². The average Bonchev–Trinajstić information content (AvgIpc) is 2.08. The summed E-state index contributed by atoms with van der Waals surface area (Å²) in [6, 6.07) is 0. The molecule has 0 saturated heterocycles. The summed E-state index contributed by atoms with van der Waals surface area (Å²) in [7, 11) is 4.86. The molecule has 0 aromatic carbocycles. The van der Waals surface area contributed by atoms with Crippen LogP contribution in [0.25, 0.3) is 0 Å². The van der Waals surface area contributed by atoms with E-state index in [1.807, 2.05) is 0 Å². The first-order valence-electron chi connectivity index (χ1n) is 2.95. The SMILES string of the molecule is [BH]n1c(=O)c(Br)c(Br)c(=O)n1C. The molecule has 0 aliphatic heterocycles. The molecule has 0 N–H and O–H groups in total. The molecule has 1 radical (unpaired) electrons. The third-order valence-corrected chi connectivity index (χ3v) is 3.46. The second-order valence-corrected chi connectivity index (χ2v) is 3.75. The largest absolute Gasteiger partial charge is 0.306 e. The molecule has 0 amide bonds. The van der Waals surface area contributed by atoms with Gasteiger partial charge in [-0.05, 0) is 31.9 Å². The Morgan fingerprint density at radius 2 is 1.58 bits per heavy atom. The normalized spacial score (nSPS) is 10.2. The zero-order chi connectivity index (χ0) is 9.46. The maximum Gasteiger partial charge on any atom is 0.279 e. The summed E-state index contributed by atoms with van der Waals surface area (Å²) in [5, 5.41) is 0. The van der Waals surface area contributed by atoms with Gasteiger partial charge in [-0.3, -0.25) is 14.3 Å². The van der Waals surface area contributed by atoms with Gasteiger partial charge in [0, 0.05) is 7.05 Å². The van der Waals surface area contributed by atoms with Crippen molar-refractivity contribution in [2.75, 3.05) is 0 Å². The smallest absolute Gasteiger partial charge is 0.279 e. The lowest BCUT2D eigenvalue weighted by Gasteiger charge is -2.07. The Balaban J connectivity index is 3.86. The predicted molar refractivity (Wildman–Crippen MR) is 53.9 cm³/mol. The molecule has 12 heavy (non-hydrogen) atoms. The second-order valence-electron chi connectivity index (χ2n) is 2.16. The maximum absolute atomic E-state index is 11.2. The van der Waals surface area contributed by atoms with Crippen LogP contribution in [0, 0.1) is 0 Å². The Labute approximate surface area is 85.9 Å². The van der Waals surface area contributed by atoms with Crippen LogP contribution in [0.5, 0.6) is 0 Å². The quantitative estimate of drug-likeness (QED) is 0.619. The highest BCUT2D eigenvalue weighted by atomic mass is 79.9. The number of rotatable bonds is 0. The minimum absolute atomic E-state index is 0.195. The standard InChI is InChI=1S/C5H4BBr2N2O2/c1-9-4(11)2(7)3(8)5(12)10(9)6/h6H,1H3. The van der Waals surface area contributed by atoms with Crippen molar-refractivity contribution in [3.63, 3.8) is 0 Å². The van der Waals surface area contributed by atoms with E-state index in [-0.39, 0.29) is 20.1 Å². The Morgan fingerprint density at radius 1 is 1.17 bits per heavy atom. The van der Waals surface area contributed by atoms with Gasteiger partial charge in [-0.25, -0.2) is 0 Å². The lowest BCUT2D eigenvalue weighted by Crippen LogP contribution is -2.37. The maximum atomic E-state index is 11.2. The Morgan fingerprint density at radius 3 is 2.08 bits per heavy atom. The molecule has 1 aromatic rings. The first-order chi connectivity index (χ1) is 5.46. The molecule has 0 fully saturated rings. The molecule has 0 aliphatic carbocycles. The summed E-state index contributed by atoms with van der Waals surface area (Å²) < 4.78 is 2.52. The lowest BCUT2D eigenvalue weighted by atomic mass is 10.4. The summed E-state index contributed by atoms with van der Waals surface area (Å²) >= 11 is 5.97. The second kappa shape index (κ2) is 3.22. The molecule has 7 heteroatoms. The van der Waals surface area contributed by atoms with Crippen LogP contribution in [0.3, 0.4) is 0 Å². The fraction of sp³-hybridized carbons (Fsp3) is 0.200. The van der Waals surface area contributed by atoms with Crippen LogP contribution in [0.1, 0.15) is 0 Å². The summed E-state index contributed by atoms with van der Waals surface area (Å²) in [6.07, 6.45) is 0. The first kappa shape index (κ1) is 9.79. The molecule has 0 aliphatic rings. The van der Waals surface area contributed by atoms with Crippen molar-refractivity contribution in [1.29, 1.82) is 0 Å².